The summed E-state index contributed by atoms with van der Waals surface area (Å²) in [6, 6.07) is 13.0. The summed E-state index contributed by atoms with van der Waals surface area (Å²) in [7, 11) is 1.49. The Morgan fingerprint density at radius 2 is 1.95 bits per heavy atom. The second-order valence-electron chi connectivity index (χ2n) is 9.03. The molecule has 0 spiro atoms. The fraction of sp³-hybridized carbons (Fsp3) is 0.259. The van der Waals surface area contributed by atoms with E-state index >= 15 is 0 Å². The van der Waals surface area contributed by atoms with Crippen molar-refractivity contribution in [2.24, 2.45) is 0 Å². The van der Waals surface area contributed by atoms with Crippen LogP contribution in [0.5, 0.6) is 5.75 Å². The number of aromatic nitrogens is 1. The lowest BCUT2D eigenvalue weighted by atomic mass is 10.0. The summed E-state index contributed by atoms with van der Waals surface area (Å²) in [5.41, 5.74) is 1.23. The average molecular weight is 565 g/mol. The number of methoxy groups -OCH3 is 1. The maximum absolute atomic E-state index is 13.4. The summed E-state index contributed by atoms with van der Waals surface area (Å²) in [4.78, 5) is 25.7. The van der Waals surface area contributed by atoms with Crippen molar-refractivity contribution in [1.29, 1.82) is 10.5 Å². The fourth-order valence-corrected chi connectivity index (χ4v) is 4.01. The van der Waals surface area contributed by atoms with Gasteiger partial charge in [-0.15, -0.1) is 0 Å². The van der Waals surface area contributed by atoms with Gasteiger partial charge in [-0.05, 0) is 63.2 Å². The van der Waals surface area contributed by atoms with Gasteiger partial charge in [-0.1, -0.05) is 15.9 Å². The Kier molecular flexibility index (Phi) is 8.38. The largest absolute Gasteiger partial charge is 0.496 e. The molecule has 3 rings (SSSR count). The minimum absolute atomic E-state index is 0.212. The van der Waals surface area contributed by atoms with Gasteiger partial charge >= 0.3 is 6.09 Å². The quantitative estimate of drug-likeness (QED) is 0.407. The van der Waals surface area contributed by atoms with Crippen LogP contribution < -0.4 is 10.1 Å². The standard InChI is InChI=1S/C27H25BrN4O5/c1-27(2,3)37-26(35)31-22(15-33)25(34)32-14-21(20-11-19(28)6-7-23(20)32)18(13-30)10-17-9-16(12-29)5-8-24(17)36-4/h5-11,14,22,33H,15H2,1-4H3,(H,31,35). The highest BCUT2D eigenvalue weighted by Gasteiger charge is 2.27. The van der Waals surface area contributed by atoms with Crippen LogP contribution in [0.4, 0.5) is 4.79 Å². The van der Waals surface area contributed by atoms with Gasteiger partial charge in [-0.3, -0.25) is 9.36 Å². The van der Waals surface area contributed by atoms with Crippen molar-refractivity contribution in [2.75, 3.05) is 13.7 Å². The van der Waals surface area contributed by atoms with Crippen molar-refractivity contribution in [3.63, 3.8) is 0 Å². The van der Waals surface area contributed by atoms with Crippen LogP contribution in [0.3, 0.4) is 0 Å². The van der Waals surface area contributed by atoms with E-state index in [-0.39, 0.29) is 5.57 Å². The molecule has 1 amide bonds. The number of fused-ring (bicyclic) bond motifs is 1. The zero-order chi connectivity index (χ0) is 27.3. The van der Waals surface area contributed by atoms with Gasteiger partial charge in [0.1, 0.15) is 17.4 Å². The van der Waals surface area contributed by atoms with Crippen LogP contribution in [0.25, 0.3) is 22.6 Å². The van der Waals surface area contributed by atoms with E-state index in [4.69, 9.17) is 9.47 Å². The molecular weight excluding hydrogens is 540 g/mol. The molecule has 1 unspecified atom stereocenters. The molecule has 0 aliphatic heterocycles. The highest BCUT2D eigenvalue weighted by molar-refractivity contribution is 9.10. The van der Waals surface area contributed by atoms with Crippen molar-refractivity contribution < 1.29 is 24.2 Å². The highest BCUT2D eigenvalue weighted by atomic mass is 79.9. The number of alkyl carbamates (subject to hydrolysis) is 1. The van der Waals surface area contributed by atoms with E-state index in [0.717, 1.165) is 4.47 Å². The van der Waals surface area contributed by atoms with E-state index < -0.39 is 30.3 Å². The van der Waals surface area contributed by atoms with Crippen LogP contribution in [-0.4, -0.2) is 47.0 Å². The van der Waals surface area contributed by atoms with Crippen molar-refractivity contribution in [3.8, 4) is 17.9 Å². The second kappa shape index (κ2) is 11.3. The van der Waals surface area contributed by atoms with Gasteiger partial charge in [0.25, 0.3) is 5.91 Å². The first-order valence-corrected chi connectivity index (χ1v) is 12.0. The summed E-state index contributed by atoms with van der Waals surface area (Å²) >= 11 is 3.43. The molecular formula is C27H25BrN4O5. The van der Waals surface area contributed by atoms with Crippen molar-refractivity contribution >= 4 is 50.5 Å². The number of halogens is 1. The number of hydrogen-bond acceptors (Lipinski definition) is 7. The summed E-state index contributed by atoms with van der Waals surface area (Å²) in [5, 5.41) is 32.2. The molecule has 2 aromatic carbocycles. The molecule has 0 aliphatic rings. The molecule has 1 heterocycles. The third-order valence-electron chi connectivity index (χ3n) is 5.24. The highest BCUT2D eigenvalue weighted by Crippen LogP contribution is 2.33. The van der Waals surface area contributed by atoms with Crippen LogP contribution >= 0.6 is 15.9 Å². The Morgan fingerprint density at radius 3 is 2.54 bits per heavy atom. The molecule has 0 aliphatic carbocycles. The number of rotatable bonds is 6. The molecule has 0 saturated carbocycles. The predicted octanol–water partition coefficient (Wildman–Crippen LogP) is 4.87. The minimum atomic E-state index is -1.29. The number of aliphatic hydroxyl groups is 1. The van der Waals surface area contributed by atoms with E-state index in [1.807, 2.05) is 0 Å². The van der Waals surface area contributed by atoms with Gasteiger partial charge in [0.2, 0.25) is 0 Å². The molecule has 0 fully saturated rings. The first kappa shape index (κ1) is 27.5. The van der Waals surface area contributed by atoms with Gasteiger partial charge in [-0.2, -0.15) is 10.5 Å². The number of nitriles is 2. The van der Waals surface area contributed by atoms with Gasteiger partial charge in [0.15, 0.2) is 0 Å². The number of ether oxygens (including phenoxy) is 2. The molecule has 0 radical (unpaired) electrons. The van der Waals surface area contributed by atoms with Crippen LogP contribution in [0.2, 0.25) is 0 Å². The lowest BCUT2D eigenvalue weighted by Crippen LogP contribution is -2.47. The van der Waals surface area contributed by atoms with Gasteiger partial charge in [0.05, 0.1) is 42.5 Å². The number of aliphatic hydroxyl groups excluding tert-OH is 1. The molecule has 9 nitrogen and oxygen atoms in total. The Morgan fingerprint density at radius 1 is 1.22 bits per heavy atom. The van der Waals surface area contributed by atoms with Gasteiger partial charge in [-0.25, -0.2) is 4.79 Å². The van der Waals surface area contributed by atoms with E-state index in [1.165, 1.54) is 17.9 Å². The Balaban J connectivity index is 2.13. The van der Waals surface area contributed by atoms with E-state index in [1.54, 1.807) is 63.2 Å². The average Bonchev–Trinajstić information content (AvgIpc) is 3.22. The smallest absolute Gasteiger partial charge is 0.408 e. The molecule has 1 atom stereocenters. The molecule has 10 heteroatoms. The molecule has 37 heavy (non-hydrogen) atoms. The minimum Gasteiger partial charge on any atom is -0.496 e. The van der Waals surface area contributed by atoms with Crippen LogP contribution in [0, 0.1) is 22.7 Å². The molecule has 1 aromatic heterocycles. The number of carbonyl (C=O) groups is 2. The zero-order valence-corrected chi connectivity index (χ0v) is 22.3. The monoisotopic (exact) mass is 564 g/mol. The normalized spacial score (nSPS) is 12.4. The fourth-order valence-electron chi connectivity index (χ4n) is 3.64. The number of hydrogen-bond donors (Lipinski definition) is 2. The lowest BCUT2D eigenvalue weighted by molar-refractivity contribution is 0.0455. The number of nitrogens with one attached hydrogen (secondary N) is 1. The topological polar surface area (TPSA) is 137 Å². The summed E-state index contributed by atoms with van der Waals surface area (Å²) in [6.07, 6.45) is 2.21. The number of allylic oxidation sites excluding steroid dienone is 1. The molecule has 3 aromatic rings. The van der Waals surface area contributed by atoms with Crippen molar-refractivity contribution in [1.82, 2.24) is 9.88 Å². The summed E-state index contributed by atoms with van der Waals surface area (Å²) < 4.78 is 12.6. The third-order valence-corrected chi connectivity index (χ3v) is 5.74. The number of amides is 1. The van der Waals surface area contributed by atoms with Gasteiger partial charge < -0.3 is 19.9 Å². The summed E-state index contributed by atoms with van der Waals surface area (Å²) in [5.74, 6) is -0.150. The predicted molar refractivity (Wildman–Crippen MR) is 142 cm³/mol. The van der Waals surface area contributed by atoms with Crippen molar-refractivity contribution in [2.45, 2.75) is 32.4 Å². The Labute approximate surface area is 222 Å². The molecule has 0 bridgehead atoms. The van der Waals surface area contributed by atoms with Crippen LogP contribution in [-0.2, 0) is 4.74 Å². The maximum atomic E-state index is 13.4. The van der Waals surface area contributed by atoms with Crippen LogP contribution in [0.1, 0.15) is 42.3 Å². The maximum Gasteiger partial charge on any atom is 0.408 e. The zero-order valence-electron chi connectivity index (χ0n) is 20.7. The Hall–Kier alpha value is -4.12. The summed E-state index contributed by atoms with van der Waals surface area (Å²) in [6.45, 7) is 4.39. The third kappa shape index (κ3) is 6.36. The lowest BCUT2D eigenvalue weighted by Gasteiger charge is -2.22. The van der Waals surface area contributed by atoms with Crippen LogP contribution in [0.15, 0.2) is 47.1 Å². The van der Waals surface area contributed by atoms with Gasteiger partial charge in [0, 0.05) is 27.2 Å². The van der Waals surface area contributed by atoms with Crippen molar-refractivity contribution in [3.05, 3.63) is 63.8 Å². The molecule has 2 N–H and O–H groups in total. The molecule has 0 saturated heterocycles. The van der Waals surface area contributed by atoms with E-state index in [0.29, 0.717) is 33.3 Å². The second-order valence-corrected chi connectivity index (χ2v) is 9.95. The first-order valence-electron chi connectivity index (χ1n) is 11.2. The first-order chi connectivity index (χ1) is 17.5. The Bertz CT molecular complexity index is 1470. The SMILES string of the molecule is COc1ccc(C#N)cc1C=C(C#N)c1cn(C(=O)C(CO)NC(=O)OC(C)(C)C)c2ccc(Br)cc12. The number of benzene rings is 2. The van der Waals surface area contributed by atoms with E-state index in [9.17, 15) is 25.2 Å². The molecule has 190 valence electrons. The number of carbonyl (C=O) groups excluding carboxylic acids is 2. The number of nitrogens with zero attached hydrogens (tertiary/aromatic N) is 3. The van der Waals surface area contributed by atoms with E-state index in [2.05, 4.69) is 33.4 Å².